The monoisotopic (exact) mass is 326 g/mol. The lowest BCUT2D eigenvalue weighted by Gasteiger charge is -2.24. The highest BCUT2D eigenvalue weighted by Crippen LogP contribution is 2.19. The normalized spacial score (nSPS) is 15.7. The zero-order chi connectivity index (χ0) is 16.9. The van der Waals surface area contributed by atoms with E-state index in [0.717, 1.165) is 49.8 Å². The molecule has 2 heterocycles. The molecule has 5 nitrogen and oxygen atoms in total. The Morgan fingerprint density at radius 2 is 2.04 bits per heavy atom. The lowest BCUT2D eigenvalue weighted by atomic mass is 10.0. The Balaban J connectivity index is 1.69. The standard InChI is InChI=1S/C19H26N4O/c1-3-12-23-17-7-5-4-6-16(17)18(21-23)19(24)20-11-8-15-9-13-22(2)14-10-15/h4-8H,3,9-14H2,1-2H3,(H,20,24). The molecule has 0 bridgehead atoms. The Morgan fingerprint density at radius 1 is 1.29 bits per heavy atom. The van der Waals surface area contributed by atoms with E-state index in [4.69, 9.17) is 0 Å². The average molecular weight is 326 g/mol. The van der Waals surface area contributed by atoms with Crippen molar-refractivity contribution in [2.75, 3.05) is 26.7 Å². The number of piperidine rings is 1. The zero-order valence-electron chi connectivity index (χ0n) is 14.6. The van der Waals surface area contributed by atoms with Crippen molar-refractivity contribution < 1.29 is 4.79 Å². The van der Waals surface area contributed by atoms with Gasteiger partial charge in [-0.25, -0.2) is 0 Å². The summed E-state index contributed by atoms with van der Waals surface area (Å²) in [6.07, 6.45) is 5.35. The SMILES string of the molecule is CCCn1nc(C(=O)NCC=C2CCN(C)CC2)c2ccccc21. The molecule has 1 aliphatic rings. The topological polar surface area (TPSA) is 50.2 Å². The number of aromatic nitrogens is 2. The summed E-state index contributed by atoms with van der Waals surface area (Å²) in [5.74, 6) is -0.0918. The Kier molecular flexibility index (Phi) is 5.30. The first-order chi connectivity index (χ1) is 11.7. The maximum absolute atomic E-state index is 12.5. The summed E-state index contributed by atoms with van der Waals surface area (Å²) < 4.78 is 1.93. The number of carbonyl (C=O) groups is 1. The van der Waals surface area contributed by atoms with Gasteiger partial charge in [0.05, 0.1) is 5.52 Å². The van der Waals surface area contributed by atoms with Crippen molar-refractivity contribution in [2.24, 2.45) is 0 Å². The molecule has 2 aromatic rings. The van der Waals surface area contributed by atoms with Crippen molar-refractivity contribution in [3.8, 4) is 0 Å². The third-order valence-corrected chi connectivity index (χ3v) is 4.59. The van der Waals surface area contributed by atoms with Gasteiger partial charge in [0.1, 0.15) is 0 Å². The van der Waals surface area contributed by atoms with E-state index >= 15 is 0 Å². The van der Waals surface area contributed by atoms with Crippen LogP contribution in [0.25, 0.3) is 10.9 Å². The summed E-state index contributed by atoms with van der Waals surface area (Å²) in [5, 5.41) is 8.46. The first kappa shape index (κ1) is 16.7. The molecular weight excluding hydrogens is 300 g/mol. The quantitative estimate of drug-likeness (QED) is 0.860. The largest absolute Gasteiger partial charge is 0.347 e. The number of benzene rings is 1. The van der Waals surface area contributed by atoms with Crippen LogP contribution in [0.1, 0.15) is 36.7 Å². The van der Waals surface area contributed by atoms with Gasteiger partial charge in [0.15, 0.2) is 5.69 Å². The summed E-state index contributed by atoms with van der Waals surface area (Å²) in [4.78, 5) is 14.9. The minimum Gasteiger partial charge on any atom is -0.347 e. The number of hydrogen-bond donors (Lipinski definition) is 1. The molecule has 0 unspecified atom stereocenters. The van der Waals surface area contributed by atoms with Crippen LogP contribution in [0.2, 0.25) is 0 Å². The molecule has 0 radical (unpaired) electrons. The van der Waals surface area contributed by atoms with Gasteiger partial charge in [-0.1, -0.05) is 36.8 Å². The van der Waals surface area contributed by atoms with Crippen LogP contribution < -0.4 is 5.32 Å². The number of fused-ring (bicyclic) bond motifs is 1. The second-order valence-electron chi connectivity index (χ2n) is 6.46. The van der Waals surface area contributed by atoms with E-state index < -0.39 is 0 Å². The van der Waals surface area contributed by atoms with Gasteiger partial charge in [0.2, 0.25) is 0 Å². The maximum atomic E-state index is 12.5. The summed E-state index contributed by atoms with van der Waals surface area (Å²) >= 11 is 0. The highest BCUT2D eigenvalue weighted by molar-refractivity contribution is 6.04. The number of nitrogens with zero attached hydrogens (tertiary/aromatic N) is 3. The minimum atomic E-state index is -0.0918. The van der Waals surface area contributed by atoms with Crippen molar-refractivity contribution in [2.45, 2.75) is 32.7 Å². The Bertz CT molecular complexity index is 737. The van der Waals surface area contributed by atoms with Crippen molar-refractivity contribution in [3.63, 3.8) is 0 Å². The summed E-state index contributed by atoms with van der Waals surface area (Å²) in [5.41, 5.74) is 2.99. The zero-order valence-corrected chi connectivity index (χ0v) is 14.6. The van der Waals surface area contributed by atoms with Crippen molar-refractivity contribution in [1.82, 2.24) is 20.0 Å². The molecule has 0 saturated carbocycles. The number of amides is 1. The van der Waals surface area contributed by atoms with Crippen LogP contribution in [0.5, 0.6) is 0 Å². The second-order valence-corrected chi connectivity index (χ2v) is 6.46. The van der Waals surface area contributed by atoms with E-state index in [1.54, 1.807) is 0 Å². The van der Waals surface area contributed by atoms with E-state index in [0.29, 0.717) is 12.2 Å². The molecule has 0 aliphatic carbocycles. The predicted molar refractivity (Wildman–Crippen MR) is 97.2 cm³/mol. The van der Waals surface area contributed by atoms with Gasteiger partial charge in [-0.05, 0) is 32.4 Å². The van der Waals surface area contributed by atoms with Gasteiger partial charge in [0, 0.05) is 31.6 Å². The molecule has 1 aromatic carbocycles. The Morgan fingerprint density at radius 3 is 2.79 bits per heavy atom. The first-order valence-electron chi connectivity index (χ1n) is 8.79. The molecular formula is C19H26N4O. The molecule has 5 heteroatoms. The molecule has 1 amide bonds. The molecule has 1 aliphatic heterocycles. The number of likely N-dealkylation sites (tertiary alicyclic amines) is 1. The highest BCUT2D eigenvalue weighted by Gasteiger charge is 2.16. The lowest BCUT2D eigenvalue weighted by molar-refractivity contribution is 0.0953. The van der Waals surface area contributed by atoms with Gasteiger partial charge in [0.25, 0.3) is 5.91 Å². The minimum absolute atomic E-state index is 0.0918. The van der Waals surface area contributed by atoms with Crippen LogP contribution in [0.4, 0.5) is 0 Å². The molecule has 1 N–H and O–H groups in total. The van der Waals surface area contributed by atoms with Crippen molar-refractivity contribution >= 4 is 16.8 Å². The fourth-order valence-electron chi connectivity index (χ4n) is 3.16. The third kappa shape index (κ3) is 3.67. The molecule has 1 aromatic heterocycles. The summed E-state index contributed by atoms with van der Waals surface area (Å²) in [6.45, 7) is 5.72. The van der Waals surface area contributed by atoms with E-state index in [-0.39, 0.29) is 5.91 Å². The highest BCUT2D eigenvalue weighted by atomic mass is 16.1. The maximum Gasteiger partial charge on any atom is 0.272 e. The number of rotatable bonds is 5. The molecule has 1 saturated heterocycles. The smallest absolute Gasteiger partial charge is 0.272 e. The number of nitrogens with one attached hydrogen (secondary N) is 1. The number of para-hydroxylation sites is 1. The van der Waals surface area contributed by atoms with E-state index in [2.05, 4.69) is 35.4 Å². The predicted octanol–water partition coefficient (Wildman–Crippen LogP) is 2.83. The lowest BCUT2D eigenvalue weighted by Crippen LogP contribution is -2.28. The van der Waals surface area contributed by atoms with Gasteiger partial charge >= 0.3 is 0 Å². The number of carbonyl (C=O) groups excluding carboxylic acids is 1. The first-order valence-corrected chi connectivity index (χ1v) is 8.79. The van der Waals surface area contributed by atoms with Crippen LogP contribution in [0.3, 0.4) is 0 Å². The second kappa shape index (κ2) is 7.62. The van der Waals surface area contributed by atoms with Crippen LogP contribution in [-0.2, 0) is 6.54 Å². The van der Waals surface area contributed by atoms with Gasteiger partial charge < -0.3 is 10.2 Å². The third-order valence-electron chi connectivity index (χ3n) is 4.59. The van der Waals surface area contributed by atoms with Gasteiger partial charge in [-0.3, -0.25) is 9.48 Å². The molecule has 1 fully saturated rings. The Hall–Kier alpha value is -2.14. The van der Waals surface area contributed by atoms with Crippen LogP contribution in [0, 0.1) is 0 Å². The van der Waals surface area contributed by atoms with Crippen molar-refractivity contribution in [1.29, 1.82) is 0 Å². The van der Waals surface area contributed by atoms with Crippen LogP contribution in [-0.4, -0.2) is 47.3 Å². The van der Waals surface area contributed by atoms with E-state index in [1.165, 1.54) is 5.57 Å². The molecule has 128 valence electrons. The molecule has 0 spiro atoms. The fraction of sp³-hybridized carbons (Fsp3) is 0.474. The number of hydrogen-bond acceptors (Lipinski definition) is 3. The van der Waals surface area contributed by atoms with E-state index in [9.17, 15) is 4.79 Å². The molecule has 0 atom stereocenters. The van der Waals surface area contributed by atoms with Crippen LogP contribution >= 0.6 is 0 Å². The number of aryl methyl sites for hydroxylation is 1. The summed E-state index contributed by atoms with van der Waals surface area (Å²) in [6, 6.07) is 7.94. The molecule has 24 heavy (non-hydrogen) atoms. The average Bonchev–Trinajstić information content (AvgIpc) is 2.96. The van der Waals surface area contributed by atoms with Gasteiger partial charge in [-0.2, -0.15) is 5.10 Å². The Labute approximate surface area is 143 Å². The van der Waals surface area contributed by atoms with Gasteiger partial charge in [-0.15, -0.1) is 0 Å². The van der Waals surface area contributed by atoms with E-state index in [1.807, 2.05) is 28.9 Å². The van der Waals surface area contributed by atoms with Crippen molar-refractivity contribution in [3.05, 3.63) is 41.6 Å². The van der Waals surface area contributed by atoms with Crippen LogP contribution in [0.15, 0.2) is 35.9 Å². The fourth-order valence-corrected chi connectivity index (χ4v) is 3.16. The summed E-state index contributed by atoms with van der Waals surface area (Å²) in [7, 11) is 2.15. The molecule has 3 rings (SSSR count).